The predicted octanol–water partition coefficient (Wildman–Crippen LogP) is 2.08. The normalized spacial score (nSPS) is 11.1. The number of rotatable bonds is 8. The van der Waals surface area contributed by atoms with Crippen LogP contribution in [0.4, 0.5) is 0 Å². The number of phosphoric ester groups is 1. The van der Waals surface area contributed by atoms with Gasteiger partial charge in [-0.15, -0.1) is 0 Å². The van der Waals surface area contributed by atoms with Crippen LogP contribution in [-0.2, 0) is 9.09 Å². The fourth-order valence-corrected chi connectivity index (χ4v) is 1.43. The van der Waals surface area contributed by atoms with E-state index < -0.39 is 7.82 Å². The predicted molar refractivity (Wildman–Crippen MR) is 57.1 cm³/mol. The summed E-state index contributed by atoms with van der Waals surface area (Å²) in [5.74, 6) is 0. The summed E-state index contributed by atoms with van der Waals surface area (Å²) in [6, 6.07) is 0. The first-order chi connectivity index (χ1) is 6.06. The summed E-state index contributed by atoms with van der Waals surface area (Å²) in [7, 11) is -4.23. The molecule has 2 N–H and O–H groups in total. The van der Waals surface area contributed by atoms with E-state index in [-0.39, 0.29) is 36.2 Å². The molecule has 0 aromatic rings. The minimum absolute atomic E-state index is 0. The van der Waals surface area contributed by atoms with Gasteiger partial charge in [0, 0.05) is 29.6 Å². The molecule has 0 fully saturated rings. The van der Waals surface area contributed by atoms with E-state index in [0.717, 1.165) is 19.3 Å². The van der Waals surface area contributed by atoms with Crippen molar-refractivity contribution in [1.29, 1.82) is 0 Å². The average Bonchev–Trinajstić information content (AvgIpc) is 2.01. The standard InChI is InChI=1S/C8H19O4P.Na/c1-2-3-4-5-6-7-8-12-13(9,10)11;/h2-8H2,1H3,(H2,9,10,11);. The van der Waals surface area contributed by atoms with Gasteiger partial charge in [0.05, 0.1) is 6.61 Å². The van der Waals surface area contributed by atoms with Gasteiger partial charge in [0.25, 0.3) is 0 Å². The van der Waals surface area contributed by atoms with Gasteiger partial charge in [0.2, 0.25) is 0 Å². The van der Waals surface area contributed by atoms with Gasteiger partial charge in [0.15, 0.2) is 0 Å². The number of phosphoric acid groups is 1. The summed E-state index contributed by atoms with van der Waals surface area (Å²) in [6.45, 7) is 2.31. The smallest absolute Gasteiger partial charge is 0.303 e. The van der Waals surface area contributed by atoms with E-state index in [2.05, 4.69) is 11.4 Å². The van der Waals surface area contributed by atoms with Crippen molar-refractivity contribution >= 4 is 37.4 Å². The summed E-state index contributed by atoms with van der Waals surface area (Å²) in [4.78, 5) is 16.7. The average molecular weight is 233 g/mol. The van der Waals surface area contributed by atoms with Gasteiger partial charge in [0.1, 0.15) is 0 Å². The maximum Gasteiger partial charge on any atom is 0.469 e. The molecule has 6 heteroatoms. The fourth-order valence-electron chi connectivity index (χ4n) is 1.07. The van der Waals surface area contributed by atoms with Crippen LogP contribution in [0.15, 0.2) is 0 Å². The topological polar surface area (TPSA) is 66.8 Å². The molecule has 0 aliphatic rings. The maximum atomic E-state index is 10.2. The Morgan fingerprint density at radius 3 is 2.07 bits per heavy atom. The Hall–Kier alpha value is 1.11. The van der Waals surface area contributed by atoms with Crippen LogP contribution in [0.5, 0.6) is 0 Å². The van der Waals surface area contributed by atoms with E-state index in [1.807, 2.05) is 0 Å². The zero-order chi connectivity index (χ0) is 10.2. The van der Waals surface area contributed by atoms with E-state index in [9.17, 15) is 4.57 Å². The third-order valence-corrected chi connectivity index (χ3v) is 2.28. The van der Waals surface area contributed by atoms with E-state index in [1.165, 1.54) is 19.3 Å². The first-order valence-corrected chi connectivity index (χ1v) is 6.29. The number of hydrogen-bond donors (Lipinski definition) is 2. The summed E-state index contributed by atoms with van der Waals surface area (Å²) in [6.07, 6.45) is 6.48. The monoisotopic (exact) mass is 233 g/mol. The zero-order valence-corrected chi connectivity index (χ0v) is 12.0. The summed E-state index contributed by atoms with van der Waals surface area (Å²) in [5.41, 5.74) is 0. The summed E-state index contributed by atoms with van der Waals surface area (Å²) in [5, 5.41) is 0. The van der Waals surface area contributed by atoms with E-state index in [1.54, 1.807) is 0 Å². The first-order valence-electron chi connectivity index (χ1n) is 4.76. The molecule has 0 rings (SSSR count). The molecular weight excluding hydrogens is 214 g/mol. The van der Waals surface area contributed by atoms with Crippen LogP contribution in [-0.4, -0.2) is 46.0 Å². The Morgan fingerprint density at radius 2 is 1.57 bits per heavy atom. The molecule has 0 aromatic heterocycles. The number of unbranched alkanes of at least 4 members (excludes halogenated alkanes) is 5. The van der Waals surface area contributed by atoms with Crippen molar-refractivity contribution in [2.24, 2.45) is 0 Å². The van der Waals surface area contributed by atoms with Crippen LogP contribution < -0.4 is 0 Å². The van der Waals surface area contributed by atoms with Crippen molar-refractivity contribution < 1.29 is 18.9 Å². The van der Waals surface area contributed by atoms with Gasteiger partial charge in [-0.2, -0.15) is 0 Å². The summed E-state index contributed by atoms with van der Waals surface area (Å²) >= 11 is 0. The largest absolute Gasteiger partial charge is 0.469 e. The third kappa shape index (κ3) is 15.6. The second kappa shape index (κ2) is 10.6. The molecule has 1 radical (unpaired) electrons. The van der Waals surface area contributed by atoms with Gasteiger partial charge in [-0.25, -0.2) is 4.57 Å². The SMILES string of the molecule is CCCCCCCCOP(=O)(O)O.[Na]. The van der Waals surface area contributed by atoms with Crippen molar-refractivity contribution in [2.75, 3.05) is 6.61 Å². The van der Waals surface area contributed by atoms with Crippen LogP contribution in [0.2, 0.25) is 0 Å². The Labute approximate surface area is 108 Å². The number of hydrogen-bond acceptors (Lipinski definition) is 2. The molecule has 0 saturated heterocycles. The maximum absolute atomic E-state index is 10.2. The second-order valence-corrected chi connectivity index (χ2v) is 4.33. The van der Waals surface area contributed by atoms with Gasteiger partial charge < -0.3 is 9.79 Å². The molecule has 4 nitrogen and oxygen atoms in total. The van der Waals surface area contributed by atoms with E-state index in [0.29, 0.717) is 0 Å². The molecule has 0 spiro atoms. The zero-order valence-electron chi connectivity index (χ0n) is 9.11. The van der Waals surface area contributed by atoms with Crippen molar-refractivity contribution in [3.63, 3.8) is 0 Å². The van der Waals surface area contributed by atoms with Crippen molar-refractivity contribution in [3.05, 3.63) is 0 Å². The van der Waals surface area contributed by atoms with E-state index >= 15 is 0 Å². The molecule has 0 atom stereocenters. The first kappa shape index (κ1) is 17.5. The van der Waals surface area contributed by atoms with Gasteiger partial charge in [-0.05, 0) is 6.42 Å². The minimum atomic E-state index is -4.23. The molecule has 0 saturated carbocycles. The molecule has 0 aliphatic heterocycles. The molecular formula is C8H19NaO4P. The van der Waals surface area contributed by atoms with Crippen LogP contribution in [0.1, 0.15) is 45.4 Å². The van der Waals surface area contributed by atoms with Crippen LogP contribution in [0.3, 0.4) is 0 Å². The molecule has 0 amide bonds. The van der Waals surface area contributed by atoms with Crippen molar-refractivity contribution in [3.8, 4) is 0 Å². The Bertz CT molecular complexity index is 159. The van der Waals surface area contributed by atoms with Crippen LogP contribution in [0.25, 0.3) is 0 Å². The van der Waals surface area contributed by atoms with Crippen LogP contribution >= 0.6 is 7.82 Å². The molecule has 0 aliphatic carbocycles. The molecule has 0 heterocycles. The third-order valence-electron chi connectivity index (χ3n) is 1.76. The second-order valence-electron chi connectivity index (χ2n) is 3.09. The van der Waals surface area contributed by atoms with Crippen molar-refractivity contribution in [2.45, 2.75) is 45.4 Å². The molecule has 0 unspecified atom stereocenters. The van der Waals surface area contributed by atoms with Crippen LogP contribution in [0, 0.1) is 0 Å². The Kier molecular flexibility index (Phi) is 13.3. The van der Waals surface area contributed by atoms with Gasteiger partial charge in [-0.3, -0.25) is 4.52 Å². The van der Waals surface area contributed by atoms with E-state index in [4.69, 9.17) is 9.79 Å². The van der Waals surface area contributed by atoms with Crippen molar-refractivity contribution in [1.82, 2.24) is 0 Å². The molecule has 0 aromatic carbocycles. The molecule has 0 bridgehead atoms. The minimum Gasteiger partial charge on any atom is -0.303 e. The fraction of sp³-hybridized carbons (Fsp3) is 1.00. The van der Waals surface area contributed by atoms with Gasteiger partial charge in [-0.1, -0.05) is 39.0 Å². The molecule has 81 valence electrons. The summed E-state index contributed by atoms with van der Waals surface area (Å²) < 4.78 is 14.5. The Morgan fingerprint density at radius 1 is 1.07 bits per heavy atom. The van der Waals surface area contributed by atoms with Gasteiger partial charge >= 0.3 is 7.82 Å². The Balaban J connectivity index is 0. The quantitative estimate of drug-likeness (QED) is 0.382. The molecule has 14 heavy (non-hydrogen) atoms.